The molecule has 0 amide bonds. The molecule has 1 rings (SSSR count). The molecule has 1 heterocycles. The fourth-order valence-corrected chi connectivity index (χ4v) is 1.86. The molecule has 0 spiro atoms. The van der Waals surface area contributed by atoms with Gasteiger partial charge < -0.3 is 4.90 Å². The van der Waals surface area contributed by atoms with E-state index in [1.165, 1.54) is 31.5 Å². The fraction of sp³-hybridized carbons (Fsp3) is 0.538. The van der Waals surface area contributed by atoms with Gasteiger partial charge in [-0.15, -0.1) is 13.2 Å². The largest absolute Gasteiger partial charge is 0.306 e. The van der Waals surface area contributed by atoms with Gasteiger partial charge in [0, 0.05) is 0 Å². The van der Waals surface area contributed by atoms with Crippen LogP contribution in [0.5, 0.6) is 0 Å². The molecule has 1 aliphatic rings. The van der Waals surface area contributed by atoms with Crippen LogP contribution in [0.4, 0.5) is 0 Å². The molecule has 0 radical (unpaired) electrons. The van der Waals surface area contributed by atoms with Crippen LogP contribution < -0.4 is 0 Å². The molecule has 0 unspecified atom stereocenters. The predicted octanol–water partition coefficient (Wildman–Crippen LogP) is 3.26. The number of rotatable bonds is 2. The number of hydrogen-bond acceptors (Lipinski definition) is 1. The van der Waals surface area contributed by atoms with E-state index in [1.807, 2.05) is 6.08 Å². The fourth-order valence-electron chi connectivity index (χ4n) is 1.86. The van der Waals surface area contributed by atoms with Crippen molar-refractivity contribution in [2.75, 3.05) is 20.1 Å². The maximum atomic E-state index is 3.84. The first-order chi connectivity index (χ1) is 6.77. The molecule has 0 bridgehead atoms. The van der Waals surface area contributed by atoms with E-state index in [0.29, 0.717) is 0 Å². The molecule has 0 atom stereocenters. The molecular weight excluding hydrogens is 170 g/mol. The van der Waals surface area contributed by atoms with Crippen LogP contribution in [0.1, 0.15) is 19.8 Å². The second kappa shape index (κ2) is 7.57. The van der Waals surface area contributed by atoms with Gasteiger partial charge >= 0.3 is 0 Å². The molecule has 0 aromatic carbocycles. The lowest BCUT2D eigenvalue weighted by Gasteiger charge is -2.29. The van der Waals surface area contributed by atoms with E-state index in [4.69, 9.17) is 0 Å². The Morgan fingerprint density at radius 2 is 1.79 bits per heavy atom. The van der Waals surface area contributed by atoms with Gasteiger partial charge in [0.2, 0.25) is 0 Å². The number of allylic oxidation sites excluding steroid dienone is 3. The Morgan fingerprint density at radius 3 is 2.14 bits per heavy atom. The van der Waals surface area contributed by atoms with Crippen LogP contribution >= 0.6 is 0 Å². The van der Waals surface area contributed by atoms with Gasteiger partial charge in [-0.3, -0.25) is 0 Å². The zero-order valence-corrected chi connectivity index (χ0v) is 9.63. The van der Waals surface area contributed by atoms with Crippen LogP contribution in [0.3, 0.4) is 0 Å². The first-order valence-electron chi connectivity index (χ1n) is 5.25. The lowest BCUT2D eigenvalue weighted by Crippen LogP contribution is -2.30. The molecule has 1 nitrogen and oxygen atoms in total. The van der Waals surface area contributed by atoms with E-state index in [0.717, 1.165) is 5.92 Å². The van der Waals surface area contributed by atoms with Gasteiger partial charge in [0.15, 0.2) is 0 Å². The van der Waals surface area contributed by atoms with Gasteiger partial charge in [-0.1, -0.05) is 18.7 Å². The highest BCUT2D eigenvalue weighted by molar-refractivity contribution is 5.19. The summed E-state index contributed by atoms with van der Waals surface area (Å²) in [6, 6.07) is 0. The van der Waals surface area contributed by atoms with Crippen LogP contribution in [0.15, 0.2) is 37.5 Å². The van der Waals surface area contributed by atoms with E-state index in [2.05, 4.69) is 44.7 Å². The summed E-state index contributed by atoms with van der Waals surface area (Å²) in [6.07, 6.45) is 6.80. The Balaban J connectivity index is 0.000000791. The minimum Gasteiger partial charge on any atom is -0.306 e. The topological polar surface area (TPSA) is 3.24 Å². The van der Waals surface area contributed by atoms with E-state index >= 15 is 0 Å². The van der Waals surface area contributed by atoms with Crippen molar-refractivity contribution in [3.63, 3.8) is 0 Å². The van der Waals surface area contributed by atoms with E-state index in [9.17, 15) is 0 Å². The molecule has 0 aromatic rings. The molecule has 0 aromatic heterocycles. The lowest BCUT2D eigenvalue weighted by atomic mass is 9.89. The summed E-state index contributed by atoms with van der Waals surface area (Å²) < 4.78 is 0. The Bertz CT molecular complexity index is 185. The molecule has 1 heteroatoms. The zero-order valence-electron chi connectivity index (χ0n) is 9.63. The van der Waals surface area contributed by atoms with E-state index in [1.54, 1.807) is 0 Å². The van der Waals surface area contributed by atoms with Gasteiger partial charge in [0.1, 0.15) is 0 Å². The van der Waals surface area contributed by atoms with Gasteiger partial charge in [-0.25, -0.2) is 0 Å². The smallest absolute Gasteiger partial charge is 0.00159 e. The number of piperidine rings is 1. The Kier molecular flexibility index (Phi) is 7.13. The molecule has 14 heavy (non-hydrogen) atoms. The minimum absolute atomic E-state index is 0.767. The Hall–Kier alpha value is -0.820. The van der Waals surface area contributed by atoms with Crippen molar-refractivity contribution in [1.29, 1.82) is 0 Å². The molecule has 0 aliphatic carbocycles. The molecule has 1 fully saturated rings. The Morgan fingerprint density at radius 1 is 1.29 bits per heavy atom. The van der Waals surface area contributed by atoms with Crippen molar-refractivity contribution in [3.8, 4) is 0 Å². The highest BCUT2D eigenvalue weighted by Gasteiger charge is 2.17. The molecule has 1 aliphatic heterocycles. The monoisotopic (exact) mass is 193 g/mol. The van der Waals surface area contributed by atoms with Gasteiger partial charge in [-0.05, 0) is 51.4 Å². The van der Waals surface area contributed by atoms with Crippen LogP contribution in [0, 0.1) is 5.92 Å². The normalized spacial score (nSPS) is 19.7. The van der Waals surface area contributed by atoms with Crippen molar-refractivity contribution >= 4 is 0 Å². The highest BCUT2D eigenvalue weighted by Crippen LogP contribution is 2.24. The van der Waals surface area contributed by atoms with Crippen LogP contribution in [-0.4, -0.2) is 25.0 Å². The summed E-state index contributed by atoms with van der Waals surface area (Å²) in [6.45, 7) is 14.4. The SMILES string of the molecule is C=C.C=C/C(=C\C)C1CCN(C)CC1. The summed E-state index contributed by atoms with van der Waals surface area (Å²) in [5.41, 5.74) is 1.43. The molecule has 1 saturated heterocycles. The summed E-state index contributed by atoms with van der Waals surface area (Å²) in [7, 11) is 2.19. The average Bonchev–Trinajstić information content (AvgIpc) is 2.25. The highest BCUT2D eigenvalue weighted by atomic mass is 15.1. The molecular formula is C13H23N. The summed E-state index contributed by atoms with van der Waals surface area (Å²) >= 11 is 0. The first kappa shape index (κ1) is 13.2. The number of nitrogens with zero attached hydrogens (tertiary/aromatic N) is 1. The van der Waals surface area contributed by atoms with Crippen molar-refractivity contribution in [2.24, 2.45) is 5.92 Å². The lowest BCUT2D eigenvalue weighted by molar-refractivity contribution is 0.240. The average molecular weight is 193 g/mol. The first-order valence-corrected chi connectivity index (χ1v) is 5.25. The van der Waals surface area contributed by atoms with Crippen molar-refractivity contribution in [1.82, 2.24) is 4.90 Å². The maximum Gasteiger partial charge on any atom is -0.00159 e. The van der Waals surface area contributed by atoms with Gasteiger partial charge in [0.05, 0.1) is 0 Å². The standard InChI is InChI=1S/C11H19N.C2H4/c1-4-10(5-2)11-6-8-12(3)9-7-11;1-2/h4-5,11H,1,6-9H2,2-3H3;1-2H2/b10-5+;. The quantitative estimate of drug-likeness (QED) is 0.480. The number of likely N-dealkylation sites (tertiary alicyclic amines) is 1. The summed E-state index contributed by atoms with van der Waals surface area (Å²) in [5.74, 6) is 0.767. The minimum atomic E-state index is 0.767. The van der Waals surface area contributed by atoms with Crippen LogP contribution in [0.25, 0.3) is 0 Å². The zero-order chi connectivity index (χ0) is 11.0. The third kappa shape index (κ3) is 3.93. The second-order valence-electron chi connectivity index (χ2n) is 3.57. The third-order valence-corrected chi connectivity index (χ3v) is 2.76. The molecule has 0 saturated carbocycles. The van der Waals surface area contributed by atoms with E-state index < -0.39 is 0 Å². The van der Waals surface area contributed by atoms with Crippen LogP contribution in [0.2, 0.25) is 0 Å². The molecule has 80 valence electrons. The van der Waals surface area contributed by atoms with E-state index in [-0.39, 0.29) is 0 Å². The summed E-state index contributed by atoms with van der Waals surface area (Å²) in [4.78, 5) is 2.40. The van der Waals surface area contributed by atoms with Crippen molar-refractivity contribution < 1.29 is 0 Å². The predicted molar refractivity (Wildman–Crippen MR) is 65.4 cm³/mol. The van der Waals surface area contributed by atoms with Crippen molar-refractivity contribution in [3.05, 3.63) is 37.5 Å². The van der Waals surface area contributed by atoms with Gasteiger partial charge in [-0.2, -0.15) is 0 Å². The second-order valence-corrected chi connectivity index (χ2v) is 3.57. The molecule has 0 N–H and O–H groups in total. The Labute approximate surface area is 88.8 Å². The number of hydrogen-bond donors (Lipinski definition) is 0. The van der Waals surface area contributed by atoms with Crippen molar-refractivity contribution in [2.45, 2.75) is 19.8 Å². The maximum absolute atomic E-state index is 3.84. The summed E-state index contributed by atoms with van der Waals surface area (Å²) in [5, 5.41) is 0. The van der Waals surface area contributed by atoms with Gasteiger partial charge in [0.25, 0.3) is 0 Å². The van der Waals surface area contributed by atoms with Crippen LogP contribution in [-0.2, 0) is 0 Å². The third-order valence-electron chi connectivity index (χ3n) is 2.76.